The molecule has 2 rings (SSSR count). The second kappa shape index (κ2) is 6.56. The monoisotopic (exact) mass is 300 g/mol. The van der Waals surface area contributed by atoms with Gasteiger partial charge in [-0.3, -0.25) is 9.48 Å². The lowest BCUT2D eigenvalue weighted by Gasteiger charge is -2.06. The summed E-state index contributed by atoms with van der Waals surface area (Å²) in [6, 6.07) is 6.49. The van der Waals surface area contributed by atoms with Gasteiger partial charge in [-0.25, -0.2) is 4.79 Å². The van der Waals surface area contributed by atoms with Crippen molar-refractivity contribution in [1.82, 2.24) is 9.78 Å². The number of hydrogen-bond donors (Lipinski definition) is 0. The van der Waals surface area contributed by atoms with Crippen LogP contribution in [-0.2, 0) is 18.2 Å². The Hall–Kier alpha value is -2.43. The van der Waals surface area contributed by atoms with Crippen LogP contribution in [0.1, 0.15) is 44.6 Å². The predicted molar refractivity (Wildman–Crippen MR) is 83.1 cm³/mol. The van der Waals surface area contributed by atoms with Gasteiger partial charge in [-0.15, -0.1) is 0 Å². The van der Waals surface area contributed by atoms with Crippen LogP contribution < -0.4 is 0 Å². The van der Waals surface area contributed by atoms with Crippen LogP contribution >= 0.6 is 0 Å². The van der Waals surface area contributed by atoms with Crippen molar-refractivity contribution in [2.45, 2.75) is 27.2 Å². The molecular weight excluding hydrogens is 280 g/mol. The van der Waals surface area contributed by atoms with Gasteiger partial charge in [0.25, 0.3) is 0 Å². The zero-order valence-electron chi connectivity index (χ0n) is 13.3. The maximum absolute atomic E-state index is 12.0. The second-order valence-corrected chi connectivity index (χ2v) is 5.29. The van der Waals surface area contributed by atoms with Crippen molar-refractivity contribution < 1.29 is 14.3 Å². The van der Waals surface area contributed by atoms with E-state index in [1.807, 2.05) is 25.6 Å². The zero-order valence-corrected chi connectivity index (χ0v) is 13.3. The Balaban J connectivity index is 1.94. The first-order valence-corrected chi connectivity index (χ1v) is 7.17. The lowest BCUT2D eigenvalue weighted by molar-refractivity contribution is 0.0508. The van der Waals surface area contributed by atoms with E-state index in [1.54, 1.807) is 24.3 Å². The van der Waals surface area contributed by atoms with Gasteiger partial charge >= 0.3 is 5.97 Å². The average molecular weight is 300 g/mol. The molecule has 0 saturated heterocycles. The van der Waals surface area contributed by atoms with Gasteiger partial charge in [0, 0.05) is 24.7 Å². The smallest absolute Gasteiger partial charge is 0.338 e. The van der Waals surface area contributed by atoms with E-state index in [2.05, 4.69) is 5.10 Å². The molecule has 0 atom stereocenters. The maximum atomic E-state index is 12.0. The molecular formula is C17H20N2O3. The van der Waals surface area contributed by atoms with Crippen LogP contribution in [0.2, 0.25) is 0 Å². The van der Waals surface area contributed by atoms with Gasteiger partial charge in [-0.2, -0.15) is 5.10 Å². The number of carbonyl (C=O) groups excluding carboxylic acids is 2. The lowest BCUT2D eigenvalue weighted by atomic mass is 10.1. The van der Waals surface area contributed by atoms with Gasteiger partial charge in [0.1, 0.15) is 0 Å². The molecule has 0 bridgehead atoms. The number of hydrogen-bond acceptors (Lipinski definition) is 4. The summed E-state index contributed by atoms with van der Waals surface area (Å²) in [5.74, 6) is -0.406. The number of nitrogens with zero attached hydrogens (tertiary/aromatic N) is 2. The number of aryl methyl sites for hydroxylation is 2. The third-order valence-corrected chi connectivity index (χ3v) is 3.77. The van der Waals surface area contributed by atoms with Crippen molar-refractivity contribution in [2.75, 3.05) is 6.61 Å². The molecule has 22 heavy (non-hydrogen) atoms. The fraction of sp³-hybridized carbons (Fsp3) is 0.353. The molecule has 0 N–H and O–H groups in total. The van der Waals surface area contributed by atoms with Crippen molar-refractivity contribution in [1.29, 1.82) is 0 Å². The summed E-state index contributed by atoms with van der Waals surface area (Å²) in [5, 5.41) is 4.34. The van der Waals surface area contributed by atoms with Gasteiger partial charge in [-0.1, -0.05) is 12.1 Å². The van der Waals surface area contributed by atoms with Crippen molar-refractivity contribution in [3.05, 3.63) is 52.3 Å². The molecule has 0 aliphatic carbocycles. The van der Waals surface area contributed by atoms with E-state index >= 15 is 0 Å². The van der Waals surface area contributed by atoms with Crippen LogP contribution in [0.5, 0.6) is 0 Å². The molecule has 1 aromatic carbocycles. The normalized spacial score (nSPS) is 10.5. The molecule has 0 spiro atoms. The van der Waals surface area contributed by atoms with Crippen LogP contribution in [0.3, 0.4) is 0 Å². The molecule has 0 unspecified atom stereocenters. The molecule has 0 aliphatic rings. The molecule has 0 fully saturated rings. The van der Waals surface area contributed by atoms with Crippen LogP contribution in [0.15, 0.2) is 24.3 Å². The minimum absolute atomic E-state index is 0.0255. The molecule has 0 radical (unpaired) electrons. The summed E-state index contributed by atoms with van der Waals surface area (Å²) in [6.45, 7) is 5.74. The Morgan fingerprint density at radius 1 is 1.14 bits per heavy atom. The number of carbonyl (C=O) groups is 2. The number of benzene rings is 1. The first-order chi connectivity index (χ1) is 10.4. The SMILES string of the molecule is CC(=O)c1ccc(C(=O)OCCc2c(C)nn(C)c2C)cc1. The molecule has 5 heteroatoms. The molecule has 116 valence electrons. The summed E-state index contributed by atoms with van der Waals surface area (Å²) in [5.41, 5.74) is 4.19. The Morgan fingerprint density at radius 2 is 1.73 bits per heavy atom. The van der Waals surface area contributed by atoms with Crippen LogP contribution in [0.25, 0.3) is 0 Å². The van der Waals surface area contributed by atoms with E-state index in [1.165, 1.54) is 6.92 Å². The third kappa shape index (κ3) is 3.42. The van der Waals surface area contributed by atoms with Gasteiger partial charge in [0.05, 0.1) is 17.9 Å². The number of esters is 1. The molecule has 2 aromatic rings. The molecule has 5 nitrogen and oxygen atoms in total. The maximum Gasteiger partial charge on any atom is 0.338 e. The summed E-state index contributed by atoms with van der Waals surface area (Å²) < 4.78 is 7.12. The highest BCUT2D eigenvalue weighted by Gasteiger charge is 2.12. The van der Waals surface area contributed by atoms with E-state index in [0.29, 0.717) is 24.2 Å². The van der Waals surface area contributed by atoms with Gasteiger partial charge in [0.15, 0.2) is 5.78 Å². The van der Waals surface area contributed by atoms with Crippen molar-refractivity contribution in [3.8, 4) is 0 Å². The summed E-state index contributed by atoms with van der Waals surface area (Å²) in [6.07, 6.45) is 0.642. The van der Waals surface area contributed by atoms with Crippen LogP contribution in [0.4, 0.5) is 0 Å². The quantitative estimate of drug-likeness (QED) is 0.629. The Kier molecular flexibility index (Phi) is 4.75. The average Bonchev–Trinajstić information content (AvgIpc) is 2.73. The highest BCUT2D eigenvalue weighted by atomic mass is 16.5. The molecule has 0 aliphatic heterocycles. The number of rotatable bonds is 5. The Labute approximate surface area is 129 Å². The number of aromatic nitrogens is 2. The summed E-state index contributed by atoms with van der Waals surface area (Å²) in [7, 11) is 1.90. The van der Waals surface area contributed by atoms with Crippen molar-refractivity contribution >= 4 is 11.8 Å². The van der Waals surface area contributed by atoms with E-state index in [4.69, 9.17) is 4.74 Å². The predicted octanol–water partition coefficient (Wildman–Crippen LogP) is 2.64. The summed E-state index contributed by atoms with van der Waals surface area (Å²) in [4.78, 5) is 23.2. The number of ketones is 1. The van der Waals surface area contributed by atoms with Crippen molar-refractivity contribution in [3.63, 3.8) is 0 Å². The Bertz CT molecular complexity index is 699. The highest BCUT2D eigenvalue weighted by Crippen LogP contribution is 2.13. The standard InChI is InChI=1S/C17H20N2O3/c1-11-16(12(2)19(4)18-11)9-10-22-17(21)15-7-5-14(6-8-15)13(3)20/h5-8H,9-10H2,1-4H3. The summed E-state index contributed by atoms with van der Waals surface area (Å²) >= 11 is 0. The number of Topliss-reactive ketones (excluding diaryl/α,β-unsaturated/α-hetero) is 1. The largest absolute Gasteiger partial charge is 0.462 e. The minimum atomic E-state index is -0.380. The topological polar surface area (TPSA) is 61.2 Å². The van der Waals surface area contributed by atoms with Gasteiger partial charge < -0.3 is 4.74 Å². The second-order valence-electron chi connectivity index (χ2n) is 5.29. The third-order valence-electron chi connectivity index (χ3n) is 3.77. The zero-order chi connectivity index (χ0) is 16.3. The Morgan fingerprint density at radius 3 is 2.23 bits per heavy atom. The van der Waals surface area contributed by atoms with Gasteiger partial charge in [-0.05, 0) is 38.5 Å². The minimum Gasteiger partial charge on any atom is -0.462 e. The van der Waals surface area contributed by atoms with Gasteiger partial charge in [0.2, 0.25) is 0 Å². The van der Waals surface area contributed by atoms with Crippen LogP contribution in [0, 0.1) is 13.8 Å². The first-order valence-electron chi connectivity index (χ1n) is 7.17. The highest BCUT2D eigenvalue weighted by molar-refractivity contribution is 5.96. The number of ether oxygens (including phenoxy) is 1. The van der Waals surface area contributed by atoms with E-state index in [0.717, 1.165) is 17.0 Å². The van der Waals surface area contributed by atoms with E-state index in [9.17, 15) is 9.59 Å². The van der Waals surface area contributed by atoms with Crippen LogP contribution in [-0.4, -0.2) is 28.1 Å². The van der Waals surface area contributed by atoms with Crippen molar-refractivity contribution in [2.24, 2.45) is 7.05 Å². The molecule has 0 saturated carbocycles. The lowest BCUT2D eigenvalue weighted by Crippen LogP contribution is -2.09. The molecule has 0 amide bonds. The molecule has 1 aromatic heterocycles. The fourth-order valence-corrected chi connectivity index (χ4v) is 2.35. The first kappa shape index (κ1) is 15.9. The molecule has 1 heterocycles. The fourth-order valence-electron chi connectivity index (χ4n) is 2.35. The van der Waals surface area contributed by atoms with E-state index < -0.39 is 0 Å². The van der Waals surface area contributed by atoms with E-state index in [-0.39, 0.29) is 11.8 Å².